The Morgan fingerprint density at radius 3 is 2.44 bits per heavy atom. The number of pyridine rings is 3. The number of terminal acetylenes is 1. The van der Waals surface area contributed by atoms with Crippen LogP contribution < -0.4 is 10.5 Å². The molecule has 1 fully saturated rings. The first-order chi connectivity index (χ1) is 19.7. The third-order valence-electron chi connectivity index (χ3n) is 7.63. The molecule has 0 radical (unpaired) electrons. The number of anilines is 1. The molecule has 7 nitrogen and oxygen atoms in total. The maximum Gasteiger partial charge on any atom is 0.274 e. The van der Waals surface area contributed by atoms with E-state index in [4.69, 9.17) is 23.0 Å². The monoisotopic (exact) mass is 565 g/mol. The highest BCUT2D eigenvalue weighted by atomic mass is 35.5. The van der Waals surface area contributed by atoms with Crippen molar-refractivity contribution in [2.45, 2.75) is 33.6 Å². The van der Waals surface area contributed by atoms with Crippen LogP contribution in [-0.4, -0.2) is 51.5 Å². The van der Waals surface area contributed by atoms with E-state index in [9.17, 15) is 9.59 Å². The van der Waals surface area contributed by atoms with E-state index in [1.54, 1.807) is 15.7 Å². The molecule has 8 heteroatoms. The van der Waals surface area contributed by atoms with Crippen LogP contribution in [0.5, 0.6) is 0 Å². The molecule has 1 aromatic carbocycles. The lowest BCUT2D eigenvalue weighted by Gasteiger charge is -2.37. The fourth-order valence-electron chi connectivity index (χ4n) is 5.53. The maximum absolute atomic E-state index is 14.4. The van der Waals surface area contributed by atoms with E-state index in [1.807, 2.05) is 64.1 Å². The predicted octanol–water partition coefficient (Wildman–Crippen LogP) is 5.66. The number of piperazine rings is 1. The molecule has 41 heavy (non-hydrogen) atoms. The van der Waals surface area contributed by atoms with Gasteiger partial charge in [0.2, 0.25) is 5.91 Å². The summed E-state index contributed by atoms with van der Waals surface area (Å²) in [6.07, 6.45) is 9.14. The van der Waals surface area contributed by atoms with Gasteiger partial charge in [-0.05, 0) is 49.1 Å². The van der Waals surface area contributed by atoms with Crippen molar-refractivity contribution in [1.82, 2.24) is 19.4 Å². The van der Waals surface area contributed by atoms with E-state index in [2.05, 4.69) is 22.4 Å². The number of aryl methyl sites for hydroxylation is 2. The second-order valence-electron chi connectivity index (χ2n) is 10.5. The average Bonchev–Trinajstić information content (AvgIpc) is 2.97. The van der Waals surface area contributed by atoms with Gasteiger partial charge in [0.05, 0.1) is 27.8 Å². The average molecular weight is 566 g/mol. The second kappa shape index (κ2) is 11.2. The van der Waals surface area contributed by atoms with Crippen LogP contribution in [0.3, 0.4) is 0 Å². The molecule has 0 N–H and O–H groups in total. The standard InChI is InChI=1S/C33H32ClN5O2/c1-7-23-31(38-17-15-37(16-18-38)27(40)8-2)25-19-26(34)29(24-12-10-9-11-21(24)5)36-32(25)39(33(23)41)30-22(6)13-14-35-28(30)20(3)4/h1,8-14,19-20H,2,15-18H2,3-6H3. The van der Waals surface area contributed by atoms with Crippen LogP contribution >= 0.6 is 11.6 Å². The third-order valence-corrected chi connectivity index (χ3v) is 7.92. The van der Waals surface area contributed by atoms with Crippen LogP contribution in [0.2, 0.25) is 5.02 Å². The van der Waals surface area contributed by atoms with Crippen molar-refractivity contribution < 1.29 is 4.79 Å². The van der Waals surface area contributed by atoms with Crippen LogP contribution in [0.15, 0.2) is 60.0 Å². The fraction of sp³-hybridized carbons (Fsp3) is 0.273. The SMILES string of the molecule is C#Cc1c(N2CCN(C(=O)C=C)CC2)c2cc(Cl)c(-c3ccccc3C)nc2n(-c2c(C)ccnc2C(C)C)c1=O. The Bertz CT molecular complexity index is 1790. The van der Waals surface area contributed by atoms with Gasteiger partial charge in [0.15, 0.2) is 0 Å². The largest absolute Gasteiger partial charge is 0.366 e. The number of hydrogen-bond donors (Lipinski definition) is 0. The van der Waals surface area contributed by atoms with Crippen molar-refractivity contribution in [3.05, 3.63) is 93.0 Å². The van der Waals surface area contributed by atoms with E-state index < -0.39 is 0 Å². The minimum atomic E-state index is -0.344. The van der Waals surface area contributed by atoms with Crippen LogP contribution in [-0.2, 0) is 4.79 Å². The van der Waals surface area contributed by atoms with Crippen LogP contribution in [0.1, 0.15) is 42.1 Å². The Kier molecular flexibility index (Phi) is 7.70. The summed E-state index contributed by atoms with van der Waals surface area (Å²) in [6.45, 7) is 13.6. The zero-order valence-corrected chi connectivity index (χ0v) is 24.5. The molecule has 0 saturated carbocycles. The molecule has 0 spiro atoms. The van der Waals surface area contributed by atoms with Gasteiger partial charge in [0, 0.05) is 43.3 Å². The first-order valence-corrected chi connectivity index (χ1v) is 14.0. The highest BCUT2D eigenvalue weighted by Gasteiger charge is 2.29. The van der Waals surface area contributed by atoms with Gasteiger partial charge in [-0.2, -0.15) is 0 Å². The number of carbonyl (C=O) groups is 1. The highest BCUT2D eigenvalue weighted by Crippen LogP contribution is 2.38. The van der Waals surface area contributed by atoms with E-state index in [0.717, 1.165) is 22.4 Å². The zero-order chi connectivity index (χ0) is 29.4. The Labute approximate surface area is 245 Å². The lowest BCUT2D eigenvalue weighted by Crippen LogP contribution is -2.49. The minimum absolute atomic E-state index is 0.0411. The number of benzene rings is 1. The zero-order valence-electron chi connectivity index (χ0n) is 23.7. The molecule has 0 unspecified atom stereocenters. The second-order valence-corrected chi connectivity index (χ2v) is 11.0. The van der Waals surface area contributed by atoms with Gasteiger partial charge >= 0.3 is 0 Å². The maximum atomic E-state index is 14.4. The summed E-state index contributed by atoms with van der Waals surface area (Å²) in [5.74, 6) is 2.61. The number of nitrogens with zero attached hydrogens (tertiary/aromatic N) is 5. The van der Waals surface area contributed by atoms with Crippen LogP contribution in [0.4, 0.5) is 5.69 Å². The van der Waals surface area contributed by atoms with E-state index >= 15 is 0 Å². The number of rotatable bonds is 5. The lowest BCUT2D eigenvalue weighted by atomic mass is 10.0. The van der Waals surface area contributed by atoms with E-state index in [0.29, 0.717) is 59.3 Å². The van der Waals surface area contributed by atoms with Gasteiger partial charge in [-0.1, -0.05) is 62.2 Å². The fourth-order valence-corrected chi connectivity index (χ4v) is 5.78. The molecule has 4 aromatic rings. The van der Waals surface area contributed by atoms with Gasteiger partial charge < -0.3 is 9.80 Å². The van der Waals surface area contributed by atoms with Crippen LogP contribution in [0.25, 0.3) is 28.0 Å². The predicted molar refractivity (Wildman–Crippen MR) is 166 cm³/mol. The van der Waals surface area contributed by atoms with Crippen molar-refractivity contribution in [3.8, 4) is 29.3 Å². The summed E-state index contributed by atoms with van der Waals surface area (Å²) in [7, 11) is 0. The normalized spacial score (nSPS) is 13.5. The van der Waals surface area contributed by atoms with E-state index in [-0.39, 0.29) is 22.9 Å². The Morgan fingerprint density at radius 2 is 1.80 bits per heavy atom. The number of aromatic nitrogens is 3. The Balaban J connectivity index is 1.87. The summed E-state index contributed by atoms with van der Waals surface area (Å²) in [5.41, 5.74) is 5.74. The van der Waals surface area contributed by atoms with Crippen molar-refractivity contribution in [2.24, 2.45) is 0 Å². The highest BCUT2D eigenvalue weighted by molar-refractivity contribution is 6.34. The number of carbonyl (C=O) groups excluding carboxylic acids is 1. The third kappa shape index (κ3) is 4.89. The van der Waals surface area contributed by atoms with Crippen molar-refractivity contribution in [1.29, 1.82) is 0 Å². The molecule has 0 aliphatic carbocycles. The Morgan fingerprint density at radius 1 is 1.10 bits per heavy atom. The summed E-state index contributed by atoms with van der Waals surface area (Å²) in [4.78, 5) is 40.2. The van der Waals surface area contributed by atoms with E-state index in [1.165, 1.54) is 6.08 Å². The number of fused-ring (bicyclic) bond motifs is 1. The van der Waals surface area contributed by atoms with Gasteiger partial charge in [-0.3, -0.25) is 19.1 Å². The van der Waals surface area contributed by atoms with Crippen molar-refractivity contribution in [2.75, 3.05) is 31.1 Å². The van der Waals surface area contributed by atoms with Gasteiger partial charge in [0.1, 0.15) is 11.2 Å². The summed E-state index contributed by atoms with van der Waals surface area (Å²) in [5, 5.41) is 1.12. The topological polar surface area (TPSA) is 71.3 Å². The molecule has 1 aliphatic rings. The molecule has 0 atom stereocenters. The van der Waals surface area contributed by atoms with Crippen LogP contribution in [0, 0.1) is 26.2 Å². The molecule has 3 aromatic heterocycles. The summed E-state index contributed by atoms with van der Waals surface area (Å²) < 4.78 is 1.61. The smallest absolute Gasteiger partial charge is 0.274 e. The Hall–Kier alpha value is -4.41. The molecule has 4 heterocycles. The molecular weight excluding hydrogens is 534 g/mol. The van der Waals surface area contributed by atoms with Gasteiger partial charge in [-0.15, -0.1) is 6.42 Å². The molecule has 208 valence electrons. The number of hydrogen-bond acceptors (Lipinski definition) is 5. The molecule has 1 aliphatic heterocycles. The first kappa shape index (κ1) is 28.1. The lowest BCUT2D eigenvalue weighted by molar-refractivity contribution is -0.126. The van der Waals surface area contributed by atoms with Crippen molar-refractivity contribution in [3.63, 3.8) is 0 Å². The summed E-state index contributed by atoms with van der Waals surface area (Å²) >= 11 is 6.95. The molecule has 5 rings (SSSR count). The quantitative estimate of drug-likeness (QED) is 0.231. The van der Waals surface area contributed by atoms with Gasteiger partial charge in [-0.25, -0.2) is 4.98 Å². The molecule has 1 saturated heterocycles. The molecule has 0 bridgehead atoms. The minimum Gasteiger partial charge on any atom is -0.366 e. The van der Waals surface area contributed by atoms with Gasteiger partial charge in [0.25, 0.3) is 5.56 Å². The number of halogens is 1. The summed E-state index contributed by atoms with van der Waals surface area (Å²) in [6, 6.07) is 11.6. The van der Waals surface area contributed by atoms with Crippen molar-refractivity contribution >= 4 is 34.2 Å². The first-order valence-electron chi connectivity index (χ1n) is 13.6. The number of amides is 1. The molecular formula is C33H32ClN5O2. The molecule has 1 amide bonds.